The van der Waals surface area contributed by atoms with E-state index in [1.165, 1.54) is 43.4 Å². The molecule has 5 heteroatoms. The first-order chi connectivity index (χ1) is 9.10. The third-order valence-corrected chi connectivity index (χ3v) is 5.01. The lowest BCUT2D eigenvalue weighted by Crippen LogP contribution is -2.21. The van der Waals surface area contributed by atoms with Crippen molar-refractivity contribution in [2.24, 2.45) is 11.8 Å². The Hall–Kier alpha value is -1.10. The van der Waals surface area contributed by atoms with Gasteiger partial charge in [-0.15, -0.1) is 11.3 Å². The number of nitrogens with zero attached hydrogens (tertiary/aromatic N) is 1. The highest BCUT2D eigenvalue weighted by molar-refractivity contribution is 7.15. The molecule has 0 radical (unpaired) electrons. The van der Waals surface area contributed by atoms with Crippen LogP contribution < -0.4 is 5.32 Å². The topological polar surface area (TPSA) is 62.2 Å². The molecule has 0 saturated heterocycles. The largest absolute Gasteiger partial charge is 0.476 e. The molecule has 0 amide bonds. The molecule has 1 aliphatic rings. The fourth-order valence-electron chi connectivity index (χ4n) is 2.75. The minimum absolute atomic E-state index is 0.183. The Labute approximate surface area is 118 Å². The van der Waals surface area contributed by atoms with Crippen LogP contribution in [-0.4, -0.2) is 22.6 Å². The van der Waals surface area contributed by atoms with Crippen molar-refractivity contribution in [3.63, 3.8) is 0 Å². The molecule has 0 atom stereocenters. The maximum Gasteiger partial charge on any atom is 0.355 e. The van der Waals surface area contributed by atoms with Crippen LogP contribution in [0.15, 0.2) is 0 Å². The average Bonchev–Trinajstić information content (AvgIpc) is 2.78. The van der Waals surface area contributed by atoms with Gasteiger partial charge in [0.05, 0.1) is 0 Å². The number of aromatic nitrogens is 1. The minimum Gasteiger partial charge on any atom is -0.476 e. The molecule has 1 heterocycles. The fourth-order valence-corrected chi connectivity index (χ4v) is 3.56. The van der Waals surface area contributed by atoms with Gasteiger partial charge in [0.25, 0.3) is 0 Å². The standard InChI is InChI=1S/C14H22N2O2S/c1-3-10-4-6-11(7-5-10)8-15-14-16-12(13(17)18)9(2)19-14/h10-11H,3-8H2,1-2H3,(H,15,16)(H,17,18). The zero-order valence-corrected chi connectivity index (χ0v) is 12.4. The summed E-state index contributed by atoms with van der Waals surface area (Å²) in [5, 5.41) is 13.0. The molecule has 0 unspecified atom stereocenters. The van der Waals surface area contributed by atoms with Gasteiger partial charge < -0.3 is 10.4 Å². The lowest BCUT2D eigenvalue weighted by Gasteiger charge is -2.27. The Bertz CT molecular complexity index is 437. The normalized spacial score (nSPS) is 23.3. The third-order valence-electron chi connectivity index (χ3n) is 4.08. The predicted molar refractivity (Wildman–Crippen MR) is 78.0 cm³/mol. The van der Waals surface area contributed by atoms with Crippen molar-refractivity contribution in [3.05, 3.63) is 10.6 Å². The summed E-state index contributed by atoms with van der Waals surface area (Å²) >= 11 is 1.43. The van der Waals surface area contributed by atoms with E-state index in [-0.39, 0.29) is 5.69 Å². The van der Waals surface area contributed by atoms with E-state index in [0.29, 0.717) is 5.92 Å². The van der Waals surface area contributed by atoms with Gasteiger partial charge in [-0.3, -0.25) is 0 Å². The monoisotopic (exact) mass is 282 g/mol. The molecule has 0 aromatic carbocycles. The summed E-state index contributed by atoms with van der Waals surface area (Å²) in [7, 11) is 0. The lowest BCUT2D eigenvalue weighted by molar-refractivity contribution is 0.0690. The van der Waals surface area contributed by atoms with E-state index in [2.05, 4.69) is 17.2 Å². The zero-order chi connectivity index (χ0) is 13.8. The van der Waals surface area contributed by atoms with E-state index in [4.69, 9.17) is 5.11 Å². The Morgan fingerprint density at radius 3 is 2.53 bits per heavy atom. The number of carboxylic acid groups (broad SMARTS) is 1. The summed E-state index contributed by atoms with van der Waals surface area (Å²) in [5.74, 6) is 0.683. The smallest absolute Gasteiger partial charge is 0.355 e. The molecule has 0 bridgehead atoms. The second-order valence-electron chi connectivity index (χ2n) is 5.40. The fraction of sp³-hybridized carbons (Fsp3) is 0.714. The number of aromatic carboxylic acids is 1. The van der Waals surface area contributed by atoms with Crippen LogP contribution in [0.3, 0.4) is 0 Å². The number of thiazole rings is 1. The van der Waals surface area contributed by atoms with Gasteiger partial charge in [-0.1, -0.05) is 26.2 Å². The molecular formula is C14H22N2O2S. The number of anilines is 1. The number of carbonyl (C=O) groups is 1. The number of nitrogens with one attached hydrogen (secondary N) is 1. The average molecular weight is 282 g/mol. The number of hydrogen-bond donors (Lipinski definition) is 2. The van der Waals surface area contributed by atoms with Crippen molar-refractivity contribution in [3.8, 4) is 0 Å². The predicted octanol–water partition coefficient (Wildman–Crippen LogP) is 3.78. The van der Waals surface area contributed by atoms with E-state index >= 15 is 0 Å². The van der Waals surface area contributed by atoms with Crippen molar-refractivity contribution in [2.75, 3.05) is 11.9 Å². The van der Waals surface area contributed by atoms with Crippen LogP contribution in [0.25, 0.3) is 0 Å². The first-order valence-electron chi connectivity index (χ1n) is 7.04. The molecule has 4 nitrogen and oxygen atoms in total. The van der Waals surface area contributed by atoms with Gasteiger partial charge in [-0.05, 0) is 31.6 Å². The van der Waals surface area contributed by atoms with Gasteiger partial charge in [0.1, 0.15) is 0 Å². The van der Waals surface area contributed by atoms with Crippen LogP contribution >= 0.6 is 11.3 Å². The van der Waals surface area contributed by atoms with E-state index in [1.807, 2.05) is 0 Å². The van der Waals surface area contributed by atoms with Gasteiger partial charge in [-0.2, -0.15) is 0 Å². The Balaban J connectivity index is 1.83. The van der Waals surface area contributed by atoms with E-state index < -0.39 is 5.97 Å². The van der Waals surface area contributed by atoms with Gasteiger partial charge in [-0.25, -0.2) is 9.78 Å². The number of aryl methyl sites for hydroxylation is 1. The minimum atomic E-state index is -0.940. The SMILES string of the molecule is CCC1CCC(CNc2nc(C(=O)O)c(C)s2)CC1. The summed E-state index contributed by atoms with van der Waals surface area (Å²) in [6.07, 6.45) is 6.53. The quantitative estimate of drug-likeness (QED) is 0.862. The summed E-state index contributed by atoms with van der Waals surface area (Å²) in [5.41, 5.74) is 0.183. The van der Waals surface area contributed by atoms with E-state index in [1.54, 1.807) is 6.92 Å². The van der Waals surface area contributed by atoms with Crippen LogP contribution in [0, 0.1) is 18.8 Å². The van der Waals surface area contributed by atoms with Gasteiger partial charge in [0.15, 0.2) is 10.8 Å². The number of carboxylic acids is 1. The first kappa shape index (κ1) is 14.3. The van der Waals surface area contributed by atoms with Crippen molar-refractivity contribution in [2.45, 2.75) is 46.0 Å². The lowest BCUT2D eigenvalue weighted by atomic mass is 9.81. The molecule has 1 fully saturated rings. The van der Waals surface area contributed by atoms with Crippen molar-refractivity contribution in [1.29, 1.82) is 0 Å². The Kier molecular flexibility index (Phi) is 4.80. The van der Waals surface area contributed by atoms with E-state index in [0.717, 1.165) is 22.5 Å². The van der Waals surface area contributed by atoms with Crippen LogP contribution in [0.1, 0.15) is 54.4 Å². The summed E-state index contributed by atoms with van der Waals surface area (Å²) in [6, 6.07) is 0. The second-order valence-corrected chi connectivity index (χ2v) is 6.61. The van der Waals surface area contributed by atoms with Gasteiger partial charge >= 0.3 is 5.97 Å². The molecule has 19 heavy (non-hydrogen) atoms. The Morgan fingerprint density at radius 2 is 2.00 bits per heavy atom. The summed E-state index contributed by atoms with van der Waals surface area (Å²) in [6.45, 7) is 5.00. The highest BCUT2D eigenvalue weighted by Crippen LogP contribution is 2.31. The first-order valence-corrected chi connectivity index (χ1v) is 7.86. The maximum atomic E-state index is 10.9. The molecule has 1 aromatic heterocycles. The summed E-state index contributed by atoms with van der Waals surface area (Å²) < 4.78 is 0. The van der Waals surface area contributed by atoms with Crippen molar-refractivity contribution in [1.82, 2.24) is 4.98 Å². The van der Waals surface area contributed by atoms with Crippen LogP contribution in [-0.2, 0) is 0 Å². The maximum absolute atomic E-state index is 10.9. The molecule has 2 rings (SSSR count). The van der Waals surface area contributed by atoms with Crippen LogP contribution in [0.4, 0.5) is 5.13 Å². The molecule has 1 saturated carbocycles. The Morgan fingerprint density at radius 1 is 1.37 bits per heavy atom. The number of rotatable bonds is 5. The molecule has 0 spiro atoms. The molecule has 2 N–H and O–H groups in total. The number of hydrogen-bond acceptors (Lipinski definition) is 4. The highest BCUT2D eigenvalue weighted by Gasteiger charge is 2.20. The second kappa shape index (κ2) is 6.37. The molecule has 1 aliphatic carbocycles. The third kappa shape index (κ3) is 3.69. The van der Waals surface area contributed by atoms with E-state index in [9.17, 15) is 4.79 Å². The van der Waals surface area contributed by atoms with Crippen LogP contribution in [0.2, 0.25) is 0 Å². The molecule has 0 aliphatic heterocycles. The van der Waals surface area contributed by atoms with Crippen molar-refractivity contribution < 1.29 is 9.90 Å². The zero-order valence-electron chi connectivity index (χ0n) is 11.6. The van der Waals surface area contributed by atoms with Gasteiger partial charge in [0.2, 0.25) is 0 Å². The molecule has 106 valence electrons. The van der Waals surface area contributed by atoms with Crippen molar-refractivity contribution >= 4 is 22.4 Å². The summed E-state index contributed by atoms with van der Waals surface area (Å²) in [4.78, 5) is 15.8. The molecular weight excluding hydrogens is 260 g/mol. The molecule has 1 aromatic rings. The van der Waals surface area contributed by atoms with Crippen LogP contribution in [0.5, 0.6) is 0 Å². The van der Waals surface area contributed by atoms with Gasteiger partial charge in [0, 0.05) is 11.4 Å². The highest BCUT2D eigenvalue weighted by atomic mass is 32.1.